The highest BCUT2D eigenvalue weighted by atomic mass is 32.2. The number of nitrogens with one attached hydrogen (secondary N) is 1. The quantitative estimate of drug-likeness (QED) is 0.457. The minimum atomic E-state index is -3.56. The third-order valence-corrected chi connectivity index (χ3v) is 7.46. The summed E-state index contributed by atoms with van der Waals surface area (Å²) < 4.78 is 28.0. The van der Waals surface area contributed by atoms with E-state index in [1.807, 2.05) is 61.5 Å². The Labute approximate surface area is 180 Å². The molecule has 2 heterocycles. The van der Waals surface area contributed by atoms with Crippen LogP contribution in [-0.4, -0.2) is 24.9 Å². The molecular formula is C23H21N3O2S2. The number of benzene rings is 2. The molecule has 4 aromatic rings. The lowest BCUT2D eigenvalue weighted by atomic mass is 10.1. The van der Waals surface area contributed by atoms with Gasteiger partial charge in [0, 0.05) is 29.4 Å². The molecule has 0 bridgehead atoms. The molecule has 0 aliphatic heterocycles. The highest BCUT2D eigenvalue weighted by Gasteiger charge is 2.15. The number of aromatic nitrogens is 2. The van der Waals surface area contributed by atoms with Crippen LogP contribution in [0.1, 0.15) is 10.6 Å². The lowest BCUT2D eigenvalue weighted by molar-refractivity contribution is 0.582. The van der Waals surface area contributed by atoms with Gasteiger partial charge in [-0.25, -0.2) is 18.1 Å². The van der Waals surface area contributed by atoms with Crippen LogP contribution in [0, 0.1) is 6.92 Å². The van der Waals surface area contributed by atoms with Crippen LogP contribution in [-0.2, 0) is 16.4 Å². The molecule has 0 spiro atoms. The first-order chi connectivity index (χ1) is 14.5. The molecule has 1 N–H and O–H groups in total. The number of hydrogen-bond donors (Lipinski definition) is 1. The predicted molar refractivity (Wildman–Crippen MR) is 121 cm³/mol. The fourth-order valence-corrected chi connectivity index (χ4v) is 5.20. The third kappa shape index (κ3) is 4.64. The summed E-state index contributed by atoms with van der Waals surface area (Å²) in [7, 11) is -3.56. The fraction of sp³-hybridized carbons (Fsp3) is 0.130. The van der Waals surface area contributed by atoms with E-state index in [0.29, 0.717) is 13.0 Å². The van der Waals surface area contributed by atoms with E-state index in [4.69, 9.17) is 0 Å². The Kier molecular flexibility index (Phi) is 6.03. The molecular weight excluding hydrogens is 414 g/mol. The normalized spacial score (nSPS) is 11.5. The van der Waals surface area contributed by atoms with E-state index in [2.05, 4.69) is 14.7 Å². The number of nitrogens with zero attached hydrogens (tertiary/aromatic N) is 2. The fourth-order valence-electron chi connectivity index (χ4n) is 3.11. The van der Waals surface area contributed by atoms with Gasteiger partial charge in [0.15, 0.2) is 0 Å². The smallest absolute Gasteiger partial charge is 0.240 e. The number of aryl methyl sites for hydroxylation is 1. The average molecular weight is 436 g/mol. The van der Waals surface area contributed by atoms with Crippen molar-refractivity contribution >= 4 is 21.4 Å². The minimum absolute atomic E-state index is 0.263. The third-order valence-electron chi connectivity index (χ3n) is 4.72. The molecule has 5 nitrogen and oxygen atoms in total. The number of rotatable bonds is 7. The lowest BCUT2D eigenvalue weighted by Crippen LogP contribution is -2.25. The SMILES string of the molecule is Cc1nc(-c2cccnc2)sc1CCNS(=O)(=O)c1ccc(-c2ccccc2)cc1. The van der Waals surface area contributed by atoms with Crippen LogP contribution in [0.4, 0.5) is 0 Å². The van der Waals surface area contributed by atoms with E-state index in [9.17, 15) is 8.42 Å². The van der Waals surface area contributed by atoms with Crippen LogP contribution in [0.2, 0.25) is 0 Å². The maximum absolute atomic E-state index is 12.7. The Hall–Kier alpha value is -2.87. The van der Waals surface area contributed by atoms with Gasteiger partial charge in [0.1, 0.15) is 5.01 Å². The van der Waals surface area contributed by atoms with Crippen molar-refractivity contribution in [2.75, 3.05) is 6.54 Å². The van der Waals surface area contributed by atoms with Gasteiger partial charge in [0.25, 0.3) is 0 Å². The second-order valence-corrected chi connectivity index (χ2v) is 9.66. The second kappa shape index (κ2) is 8.87. The molecule has 0 aliphatic rings. The predicted octanol–water partition coefficient (Wildman–Crippen LogP) is 4.70. The summed E-state index contributed by atoms with van der Waals surface area (Å²) in [5.41, 5.74) is 3.93. The van der Waals surface area contributed by atoms with Gasteiger partial charge in [-0.15, -0.1) is 11.3 Å². The largest absolute Gasteiger partial charge is 0.264 e. The first-order valence-corrected chi connectivity index (χ1v) is 11.8. The number of thiazole rings is 1. The summed E-state index contributed by atoms with van der Waals surface area (Å²) >= 11 is 1.57. The molecule has 0 atom stereocenters. The molecule has 2 aromatic heterocycles. The Balaban J connectivity index is 1.41. The van der Waals surface area contributed by atoms with E-state index in [-0.39, 0.29) is 4.90 Å². The molecule has 0 saturated carbocycles. The second-order valence-electron chi connectivity index (χ2n) is 6.81. The van der Waals surface area contributed by atoms with Crippen LogP contribution in [0.15, 0.2) is 84.0 Å². The van der Waals surface area contributed by atoms with E-state index in [1.165, 1.54) is 0 Å². The number of hydrogen-bond acceptors (Lipinski definition) is 5. The standard InChI is InChI=1S/C23H21N3O2S2/c1-17-22(29-23(26-17)20-8-5-14-24-16-20)13-15-25-30(27,28)21-11-9-19(10-12-21)18-6-3-2-4-7-18/h2-12,14,16,25H,13,15H2,1H3. The van der Waals surface area contributed by atoms with Gasteiger partial charge in [-0.1, -0.05) is 42.5 Å². The highest BCUT2D eigenvalue weighted by Crippen LogP contribution is 2.27. The zero-order valence-corrected chi connectivity index (χ0v) is 18.1. The molecule has 0 amide bonds. The monoisotopic (exact) mass is 435 g/mol. The first-order valence-electron chi connectivity index (χ1n) is 9.55. The first kappa shape index (κ1) is 20.4. The summed E-state index contributed by atoms with van der Waals surface area (Å²) in [4.78, 5) is 10.1. The molecule has 0 saturated heterocycles. The molecule has 7 heteroatoms. The summed E-state index contributed by atoms with van der Waals surface area (Å²) in [6.45, 7) is 2.26. The van der Waals surface area contributed by atoms with E-state index >= 15 is 0 Å². The van der Waals surface area contributed by atoms with Crippen molar-refractivity contribution in [1.29, 1.82) is 0 Å². The van der Waals surface area contributed by atoms with E-state index < -0.39 is 10.0 Å². The minimum Gasteiger partial charge on any atom is -0.264 e. The van der Waals surface area contributed by atoms with Crippen molar-refractivity contribution in [1.82, 2.24) is 14.7 Å². The zero-order valence-electron chi connectivity index (χ0n) is 16.4. The van der Waals surface area contributed by atoms with Crippen molar-refractivity contribution < 1.29 is 8.42 Å². The molecule has 0 radical (unpaired) electrons. The van der Waals surface area contributed by atoms with Gasteiger partial charge in [0.05, 0.1) is 10.6 Å². The van der Waals surface area contributed by atoms with Crippen molar-refractivity contribution in [3.05, 3.63) is 89.7 Å². The van der Waals surface area contributed by atoms with Gasteiger partial charge in [-0.3, -0.25) is 4.98 Å². The van der Waals surface area contributed by atoms with Gasteiger partial charge >= 0.3 is 0 Å². The molecule has 0 aliphatic carbocycles. The van der Waals surface area contributed by atoms with Crippen molar-refractivity contribution in [3.63, 3.8) is 0 Å². The summed E-state index contributed by atoms with van der Waals surface area (Å²) in [6.07, 6.45) is 4.10. The summed E-state index contributed by atoms with van der Waals surface area (Å²) in [5, 5.41) is 0.898. The van der Waals surface area contributed by atoms with E-state index in [1.54, 1.807) is 35.9 Å². The molecule has 0 fully saturated rings. The van der Waals surface area contributed by atoms with Crippen molar-refractivity contribution in [2.45, 2.75) is 18.2 Å². The van der Waals surface area contributed by atoms with E-state index in [0.717, 1.165) is 32.3 Å². The van der Waals surface area contributed by atoms with Crippen LogP contribution in [0.25, 0.3) is 21.7 Å². The van der Waals surface area contributed by atoms with Crippen molar-refractivity contribution in [2.24, 2.45) is 0 Å². The van der Waals surface area contributed by atoms with Gasteiger partial charge in [0.2, 0.25) is 10.0 Å². The Morgan fingerprint density at radius 1 is 0.900 bits per heavy atom. The van der Waals surface area contributed by atoms with Crippen LogP contribution >= 0.6 is 11.3 Å². The summed E-state index contributed by atoms with van der Waals surface area (Å²) in [5.74, 6) is 0. The zero-order chi connectivity index (χ0) is 21.0. The molecule has 30 heavy (non-hydrogen) atoms. The Bertz CT molecular complexity index is 1220. The molecule has 4 rings (SSSR count). The number of pyridine rings is 1. The van der Waals surface area contributed by atoms with Crippen LogP contribution in [0.5, 0.6) is 0 Å². The van der Waals surface area contributed by atoms with Gasteiger partial charge < -0.3 is 0 Å². The maximum atomic E-state index is 12.7. The van der Waals surface area contributed by atoms with Gasteiger partial charge in [-0.05, 0) is 48.7 Å². The van der Waals surface area contributed by atoms with Crippen LogP contribution < -0.4 is 4.72 Å². The highest BCUT2D eigenvalue weighted by molar-refractivity contribution is 7.89. The lowest BCUT2D eigenvalue weighted by Gasteiger charge is -2.08. The summed E-state index contributed by atoms with van der Waals surface area (Å²) in [6, 6.07) is 20.7. The van der Waals surface area contributed by atoms with Crippen LogP contribution in [0.3, 0.4) is 0 Å². The Morgan fingerprint density at radius 3 is 2.30 bits per heavy atom. The Morgan fingerprint density at radius 2 is 1.60 bits per heavy atom. The topological polar surface area (TPSA) is 72.0 Å². The van der Waals surface area contributed by atoms with Gasteiger partial charge in [-0.2, -0.15) is 0 Å². The molecule has 152 valence electrons. The number of sulfonamides is 1. The average Bonchev–Trinajstić information content (AvgIpc) is 3.15. The molecule has 0 unspecified atom stereocenters. The molecule has 2 aromatic carbocycles. The maximum Gasteiger partial charge on any atom is 0.240 e. The van der Waals surface area contributed by atoms with Crippen molar-refractivity contribution in [3.8, 4) is 21.7 Å².